The summed E-state index contributed by atoms with van der Waals surface area (Å²) in [7, 11) is 1.83. The van der Waals surface area contributed by atoms with Crippen LogP contribution in [0.1, 0.15) is 25.3 Å². The number of nitrogens with zero attached hydrogens (tertiary/aromatic N) is 3. The smallest absolute Gasteiger partial charge is 0.222 e. The summed E-state index contributed by atoms with van der Waals surface area (Å²) in [5.41, 5.74) is 0.906. The van der Waals surface area contributed by atoms with E-state index in [0.29, 0.717) is 25.5 Å². The highest BCUT2D eigenvalue weighted by Gasteiger charge is 2.23. The Kier molecular flexibility index (Phi) is 4.19. The van der Waals surface area contributed by atoms with Crippen molar-refractivity contribution in [3.63, 3.8) is 0 Å². The molecule has 19 heavy (non-hydrogen) atoms. The van der Waals surface area contributed by atoms with Crippen LogP contribution >= 0.6 is 0 Å². The average molecular weight is 264 g/mol. The second-order valence-electron chi connectivity index (χ2n) is 4.74. The first kappa shape index (κ1) is 13.6. The zero-order valence-corrected chi connectivity index (χ0v) is 11.6. The normalized spacial score (nSPS) is 19.4. The SMILES string of the molecule is CCOc1ncnc(NC2CCC(=O)N(C)C2)c1C. The second-order valence-corrected chi connectivity index (χ2v) is 4.74. The fraction of sp³-hybridized carbons (Fsp3) is 0.615. The maximum absolute atomic E-state index is 11.5. The van der Waals surface area contributed by atoms with Crippen molar-refractivity contribution >= 4 is 11.7 Å². The minimum atomic E-state index is 0.201. The number of carbonyl (C=O) groups excluding carboxylic acids is 1. The number of likely N-dealkylation sites (N-methyl/N-ethyl adjacent to an activating group) is 1. The number of hydrogen-bond donors (Lipinski definition) is 1. The summed E-state index contributed by atoms with van der Waals surface area (Å²) in [5.74, 6) is 1.60. The number of carbonyl (C=O) groups is 1. The van der Waals surface area contributed by atoms with Gasteiger partial charge in [-0.3, -0.25) is 4.79 Å². The fourth-order valence-electron chi connectivity index (χ4n) is 2.19. The van der Waals surface area contributed by atoms with Crippen LogP contribution in [0.25, 0.3) is 0 Å². The Balaban J connectivity index is 2.07. The Morgan fingerprint density at radius 3 is 3.00 bits per heavy atom. The highest BCUT2D eigenvalue weighted by atomic mass is 16.5. The van der Waals surface area contributed by atoms with Gasteiger partial charge in [0.2, 0.25) is 11.8 Å². The number of rotatable bonds is 4. The van der Waals surface area contributed by atoms with Crippen molar-refractivity contribution in [2.24, 2.45) is 0 Å². The number of piperidine rings is 1. The molecule has 1 amide bonds. The monoisotopic (exact) mass is 264 g/mol. The number of anilines is 1. The van der Waals surface area contributed by atoms with E-state index in [1.807, 2.05) is 20.9 Å². The van der Waals surface area contributed by atoms with Crippen LogP contribution in [0.3, 0.4) is 0 Å². The highest BCUT2D eigenvalue weighted by molar-refractivity contribution is 5.77. The lowest BCUT2D eigenvalue weighted by molar-refractivity contribution is -0.132. The van der Waals surface area contributed by atoms with Crippen LogP contribution in [-0.2, 0) is 4.79 Å². The molecule has 0 aromatic carbocycles. The molecule has 0 spiro atoms. The van der Waals surface area contributed by atoms with E-state index in [0.717, 1.165) is 17.8 Å². The van der Waals surface area contributed by atoms with E-state index < -0.39 is 0 Å². The van der Waals surface area contributed by atoms with Gasteiger partial charge in [-0.15, -0.1) is 0 Å². The van der Waals surface area contributed by atoms with Crippen LogP contribution in [0.5, 0.6) is 5.88 Å². The molecule has 1 aromatic rings. The summed E-state index contributed by atoms with van der Waals surface area (Å²) in [6.07, 6.45) is 2.91. The Hall–Kier alpha value is -1.85. The maximum Gasteiger partial charge on any atom is 0.222 e. The molecule has 2 heterocycles. The molecule has 104 valence electrons. The van der Waals surface area contributed by atoms with Crippen LogP contribution in [0.2, 0.25) is 0 Å². The number of aromatic nitrogens is 2. The van der Waals surface area contributed by atoms with Crippen molar-refractivity contribution in [3.05, 3.63) is 11.9 Å². The third-order valence-corrected chi connectivity index (χ3v) is 3.29. The average Bonchev–Trinajstić information content (AvgIpc) is 2.39. The standard InChI is InChI=1S/C13H20N4O2/c1-4-19-13-9(2)12(14-8-15-13)16-10-5-6-11(18)17(3)7-10/h8,10H,4-7H2,1-3H3,(H,14,15,16). The predicted molar refractivity (Wildman–Crippen MR) is 72.2 cm³/mol. The van der Waals surface area contributed by atoms with E-state index in [9.17, 15) is 4.79 Å². The molecule has 6 heteroatoms. The Bertz CT molecular complexity index is 464. The van der Waals surface area contributed by atoms with Gasteiger partial charge in [0.25, 0.3) is 0 Å². The Labute approximate surface area is 113 Å². The van der Waals surface area contributed by atoms with Crippen molar-refractivity contribution in [1.82, 2.24) is 14.9 Å². The topological polar surface area (TPSA) is 67.4 Å². The first-order valence-corrected chi connectivity index (χ1v) is 6.56. The van der Waals surface area contributed by atoms with Crippen molar-refractivity contribution in [2.45, 2.75) is 32.7 Å². The summed E-state index contributed by atoms with van der Waals surface area (Å²) in [6.45, 7) is 5.14. The van der Waals surface area contributed by atoms with Gasteiger partial charge in [-0.1, -0.05) is 0 Å². The summed E-state index contributed by atoms with van der Waals surface area (Å²) < 4.78 is 5.45. The zero-order chi connectivity index (χ0) is 13.8. The van der Waals surface area contributed by atoms with Gasteiger partial charge in [0.15, 0.2) is 0 Å². The molecule has 0 aliphatic carbocycles. The van der Waals surface area contributed by atoms with Gasteiger partial charge in [-0.2, -0.15) is 0 Å². The lowest BCUT2D eigenvalue weighted by Gasteiger charge is -2.30. The summed E-state index contributed by atoms with van der Waals surface area (Å²) in [6, 6.07) is 0.228. The van der Waals surface area contributed by atoms with Gasteiger partial charge in [-0.05, 0) is 20.3 Å². The zero-order valence-electron chi connectivity index (χ0n) is 11.6. The molecule has 1 saturated heterocycles. The van der Waals surface area contributed by atoms with Crippen LogP contribution < -0.4 is 10.1 Å². The Morgan fingerprint density at radius 1 is 1.53 bits per heavy atom. The number of likely N-dealkylation sites (tertiary alicyclic amines) is 1. The van der Waals surface area contributed by atoms with Crippen LogP contribution in [0.15, 0.2) is 6.33 Å². The third kappa shape index (κ3) is 3.13. The summed E-state index contributed by atoms with van der Waals surface area (Å²) >= 11 is 0. The number of nitrogens with one attached hydrogen (secondary N) is 1. The summed E-state index contributed by atoms with van der Waals surface area (Å²) in [5, 5.41) is 3.37. The molecule has 1 aliphatic rings. The molecule has 0 saturated carbocycles. The number of hydrogen-bond acceptors (Lipinski definition) is 5. The molecule has 1 aliphatic heterocycles. The van der Waals surface area contributed by atoms with Gasteiger partial charge >= 0.3 is 0 Å². The number of amides is 1. The van der Waals surface area contributed by atoms with Gasteiger partial charge in [0.05, 0.1) is 12.2 Å². The largest absolute Gasteiger partial charge is 0.478 e. The van der Waals surface area contributed by atoms with E-state index in [1.165, 1.54) is 6.33 Å². The first-order valence-electron chi connectivity index (χ1n) is 6.56. The molecular weight excluding hydrogens is 244 g/mol. The van der Waals surface area contributed by atoms with Gasteiger partial charge in [0, 0.05) is 26.1 Å². The lowest BCUT2D eigenvalue weighted by atomic mass is 10.1. The van der Waals surface area contributed by atoms with Crippen molar-refractivity contribution < 1.29 is 9.53 Å². The van der Waals surface area contributed by atoms with Crippen LogP contribution in [-0.4, -0.2) is 47.0 Å². The molecule has 1 aromatic heterocycles. The predicted octanol–water partition coefficient (Wildman–Crippen LogP) is 1.22. The van der Waals surface area contributed by atoms with E-state index in [-0.39, 0.29) is 11.9 Å². The van der Waals surface area contributed by atoms with Gasteiger partial charge in [0.1, 0.15) is 12.1 Å². The minimum Gasteiger partial charge on any atom is -0.478 e. The molecule has 1 atom stereocenters. The van der Waals surface area contributed by atoms with E-state index >= 15 is 0 Å². The Morgan fingerprint density at radius 2 is 2.32 bits per heavy atom. The van der Waals surface area contributed by atoms with E-state index in [1.54, 1.807) is 4.90 Å². The molecule has 2 rings (SSSR count). The maximum atomic E-state index is 11.5. The molecule has 1 N–H and O–H groups in total. The van der Waals surface area contributed by atoms with E-state index in [4.69, 9.17) is 4.74 Å². The van der Waals surface area contributed by atoms with Gasteiger partial charge in [-0.25, -0.2) is 9.97 Å². The van der Waals surface area contributed by atoms with E-state index in [2.05, 4.69) is 15.3 Å². The minimum absolute atomic E-state index is 0.201. The van der Waals surface area contributed by atoms with Crippen LogP contribution in [0, 0.1) is 6.92 Å². The van der Waals surface area contributed by atoms with Crippen molar-refractivity contribution in [1.29, 1.82) is 0 Å². The molecule has 1 fully saturated rings. The molecule has 6 nitrogen and oxygen atoms in total. The fourth-order valence-corrected chi connectivity index (χ4v) is 2.19. The van der Waals surface area contributed by atoms with Gasteiger partial charge < -0.3 is 15.0 Å². The van der Waals surface area contributed by atoms with Crippen molar-refractivity contribution in [2.75, 3.05) is 25.5 Å². The third-order valence-electron chi connectivity index (χ3n) is 3.29. The highest BCUT2D eigenvalue weighted by Crippen LogP contribution is 2.22. The first-order chi connectivity index (χ1) is 9.11. The lowest BCUT2D eigenvalue weighted by Crippen LogP contribution is -2.43. The molecule has 1 unspecified atom stereocenters. The molecular formula is C13H20N4O2. The molecule has 0 radical (unpaired) electrons. The second kappa shape index (κ2) is 5.86. The molecule has 0 bridgehead atoms. The quantitative estimate of drug-likeness (QED) is 0.885. The number of ether oxygens (including phenoxy) is 1. The summed E-state index contributed by atoms with van der Waals surface area (Å²) in [4.78, 5) is 21.6. The van der Waals surface area contributed by atoms with Crippen LogP contribution in [0.4, 0.5) is 5.82 Å². The van der Waals surface area contributed by atoms with Crippen molar-refractivity contribution in [3.8, 4) is 5.88 Å².